The minimum absolute atomic E-state index is 0.0549. The first-order valence-corrected chi connectivity index (χ1v) is 12.8. The molecule has 2 aromatic carbocycles. The van der Waals surface area contributed by atoms with Gasteiger partial charge in [0.15, 0.2) is 14.9 Å². The van der Waals surface area contributed by atoms with Gasteiger partial charge < -0.3 is 9.47 Å². The molecule has 3 aromatic rings. The van der Waals surface area contributed by atoms with Gasteiger partial charge in [0.1, 0.15) is 12.2 Å². The van der Waals surface area contributed by atoms with Gasteiger partial charge in [-0.1, -0.05) is 60.7 Å². The topological polar surface area (TPSA) is 95.5 Å². The van der Waals surface area contributed by atoms with Crippen LogP contribution in [0, 0.1) is 0 Å². The second-order valence-electron chi connectivity index (χ2n) is 8.80. The van der Waals surface area contributed by atoms with Crippen LogP contribution in [0.1, 0.15) is 33.6 Å². The molecule has 0 aliphatic rings. The van der Waals surface area contributed by atoms with Gasteiger partial charge in [-0.15, -0.1) is 0 Å². The predicted octanol–water partition coefficient (Wildman–Crippen LogP) is 4.72. The lowest BCUT2D eigenvalue weighted by Gasteiger charge is -2.19. The van der Waals surface area contributed by atoms with Gasteiger partial charge >= 0.3 is 5.97 Å². The van der Waals surface area contributed by atoms with Crippen LogP contribution in [-0.4, -0.2) is 48.9 Å². The number of benzene rings is 2. The number of hydrogen-bond donors (Lipinski definition) is 0. The summed E-state index contributed by atoms with van der Waals surface area (Å²) in [6.07, 6.45) is 2.19. The summed E-state index contributed by atoms with van der Waals surface area (Å²) in [5.41, 5.74) is 2.24. The summed E-state index contributed by atoms with van der Waals surface area (Å²) >= 11 is 0. The van der Waals surface area contributed by atoms with E-state index >= 15 is 0 Å². The van der Waals surface area contributed by atoms with Crippen molar-refractivity contribution in [2.75, 3.05) is 19.0 Å². The maximum Gasteiger partial charge on any atom is 0.332 e. The highest BCUT2D eigenvalue weighted by Crippen LogP contribution is 2.29. The van der Waals surface area contributed by atoms with Gasteiger partial charge in [0.05, 0.1) is 23.3 Å². The quantitative estimate of drug-likeness (QED) is 0.305. The lowest BCUT2D eigenvalue weighted by molar-refractivity contribution is -0.160. The SMILES string of the molecule is CC(C)(C)OC(=O)COCCCCS(=O)(=O)c1cnc(-c2ccccc2)c(-c2ccccc2)n1. The highest BCUT2D eigenvalue weighted by Gasteiger charge is 2.21. The van der Waals surface area contributed by atoms with Crippen molar-refractivity contribution in [3.63, 3.8) is 0 Å². The van der Waals surface area contributed by atoms with Crippen LogP contribution in [0.2, 0.25) is 0 Å². The Morgan fingerprint density at radius 2 is 1.47 bits per heavy atom. The highest BCUT2D eigenvalue weighted by molar-refractivity contribution is 7.91. The van der Waals surface area contributed by atoms with Gasteiger partial charge in [-0.25, -0.2) is 18.2 Å². The van der Waals surface area contributed by atoms with Crippen LogP contribution in [0.15, 0.2) is 71.9 Å². The van der Waals surface area contributed by atoms with Crippen molar-refractivity contribution < 1.29 is 22.7 Å². The van der Waals surface area contributed by atoms with Crippen molar-refractivity contribution >= 4 is 15.8 Å². The monoisotopic (exact) mass is 482 g/mol. The number of carbonyl (C=O) groups excluding carboxylic acids is 1. The Bertz CT molecular complexity index is 1190. The summed E-state index contributed by atoms with van der Waals surface area (Å²) in [5, 5.41) is -0.0549. The van der Waals surface area contributed by atoms with Crippen LogP contribution in [0.25, 0.3) is 22.5 Å². The minimum atomic E-state index is -3.64. The van der Waals surface area contributed by atoms with E-state index in [4.69, 9.17) is 9.47 Å². The Hall–Kier alpha value is -3.10. The van der Waals surface area contributed by atoms with Crippen LogP contribution in [0.5, 0.6) is 0 Å². The zero-order valence-corrected chi connectivity index (χ0v) is 20.5. The number of sulfone groups is 1. The standard InChI is InChI=1S/C26H30N2O5S/c1-26(2,3)33-23(29)19-32-16-10-11-17-34(30,31)22-18-27-24(20-12-6-4-7-13-20)25(28-22)21-14-8-5-9-15-21/h4-9,12-15,18H,10-11,16-17,19H2,1-3H3. The maximum absolute atomic E-state index is 12.9. The largest absolute Gasteiger partial charge is 0.458 e. The van der Waals surface area contributed by atoms with Gasteiger partial charge in [0.25, 0.3) is 0 Å². The molecule has 1 aromatic heterocycles. The number of unbranched alkanes of at least 4 members (excludes halogenated alkanes) is 1. The third-order valence-electron chi connectivity index (χ3n) is 4.76. The molecule has 34 heavy (non-hydrogen) atoms. The Morgan fingerprint density at radius 3 is 2.06 bits per heavy atom. The second kappa shape index (κ2) is 11.4. The molecule has 0 aliphatic carbocycles. The van der Waals surface area contributed by atoms with Crippen molar-refractivity contribution in [3.8, 4) is 22.5 Å². The van der Waals surface area contributed by atoms with Gasteiger partial charge in [-0.05, 0) is 33.6 Å². The molecule has 0 atom stereocenters. The smallest absolute Gasteiger partial charge is 0.332 e. The van der Waals surface area contributed by atoms with Crippen molar-refractivity contribution in [1.82, 2.24) is 9.97 Å². The molecule has 7 nitrogen and oxygen atoms in total. The highest BCUT2D eigenvalue weighted by atomic mass is 32.2. The first-order valence-electron chi connectivity index (χ1n) is 11.2. The van der Waals surface area contributed by atoms with E-state index in [1.807, 2.05) is 60.7 Å². The third kappa shape index (κ3) is 7.46. The van der Waals surface area contributed by atoms with Crippen molar-refractivity contribution in [3.05, 3.63) is 66.9 Å². The fraction of sp³-hybridized carbons (Fsp3) is 0.346. The van der Waals surface area contributed by atoms with E-state index in [1.54, 1.807) is 20.8 Å². The summed E-state index contributed by atoms with van der Waals surface area (Å²) in [5.74, 6) is -0.529. The molecule has 0 saturated heterocycles. The van der Waals surface area contributed by atoms with Crippen molar-refractivity contribution in [2.24, 2.45) is 0 Å². The van der Waals surface area contributed by atoms with Crippen LogP contribution >= 0.6 is 0 Å². The molecule has 3 rings (SSSR count). The number of aromatic nitrogens is 2. The van der Waals surface area contributed by atoms with Crippen LogP contribution < -0.4 is 0 Å². The lowest BCUT2D eigenvalue weighted by Crippen LogP contribution is -2.26. The molecule has 0 radical (unpaired) electrons. The van der Waals surface area contributed by atoms with Gasteiger partial charge in [-0.2, -0.15) is 0 Å². The van der Waals surface area contributed by atoms with Crippen molar-refractivity contribution in [2.45, 2.75) is 44.2 Å². The number of esters is 1. The Labute approximate surface area is 201 Å². The van der Waals surface area contributed by atoms with E-state index in [-0.39, 0.29) is 24.0 Å². The molecule has 1 heterocycles. The van der Waals surface area contributed by atoms with Crippen molar-refractivity contribution in [1.29, 1.82) is 0 Å². The van der Waals surface area contributed by atoms with E-state index in [2.05, 4.69) is 9.97 Å². The lowest BCUT2D eigenvalue weighted by atomic mass is 10.0. The zero-order chi connectivity index (χ0) is 24.6. The minimum Gasteiger partial charge on any atom is -0.458 e. The summed E-state index contributed by atoms with van der Waals surface area (Å²) in [7, 11) is -3.64. The maximum atomic E-state index is 12.9. The normalized spacial score (nSPS) is 11.9. The Kier molecular flexibility index (Phi) is 8.52. The summed E-state index contributed by atoms with van der Waals surface area (Å²) in [4.78, 5) is 20.7. The Balaban J connectivity index is 1.66. The van der Waals surface area contributed by atoms with E-state index in [1.165, 1.54) is 6.20 Å². The molecule has 0 spiro atoms. The summed E-state index contributed by atoms with van der Waals surface area (Å²) in [6, 6.07) is 19.0. The zero-order valence-electron chi connectivity index (χ0n) is 19.7. The van der Waals surface area contributed by atoms with Gasteiger partial charge in [0, 0.05) is 17.7 Å². The molecule has 0 unspecified atom stereocenters. The van der Waals surface area contributed by atoms with Gasteiger partial charge in [0.2, 0.25) is 0 Å². The molecule has 0 fully saturated rings. The molecule has 0 bridgehead atoms. The molecule has 0 amide bonds. The van der Waals surface area contributed by atoms with E-state index in [9.17, 15) is 13.2 Å². The molecule has 0 aliphatic heterocycles. The number of nitrogens with zero attached hydrogens (tertiary/aromatic N) is 2. The number of ether oxygens (including phenoxy) is 2. The fourth-order valence-corrected chi connectivity index (χ4v) is 4.49. The first kappa shape index (κ1) is 25.5. The number of carbonyl (C=O) groups is 1. The number of hydrogen-bond acceptors (Lipinski definition) is 7. The molecular formula is C26H30N2O5S. The van der Waals surface area contributed by atoms with E-state index in [0.717, 1.165) is 11.1 Å². The molecular weight excluding hydrogens is 452 g/mol. The number of rotatable bonds is 10. The van der Waals surface area contributed by atoms with Crippen LogP contribution in [0.4, 0.5) is 0 Å². The fourth-order valence-electron chi connectivity index (χ4n) is 3.25. The third-order valence-corrected chi connectivity index (χ3v) is 6.42. The van der Waals surface area contributed by atoms with E-state index < -0.39 is 21.4 Å². The van der Waals surface area contributed by atoms with Crippen LogP contribution in [0.3, 0.4) is 0 Å². The Morgan fingerprint density at radius 1 is 0.882 bits per heavy atom. The first-order chi connectivity index (χ1) is 16.2. The molecule has 8 heteroatoms. The second-order valence-corrected chi connectivity index (χ2v) is 10.9. The molecule has 0 saturated carbocycles. The average molecular weight is 483 g/mol. The average Bonchev–Trinajstić information content (AvgIpc) is 2.81. The predicted molar refractivity (Wildman–Crippen MR) is 131 cm³/mol. The summed E-state index contributed by atoms with van der Waals surface area (Å²) in [6.45, 7) is 5.47. The molecule has 180 valence electrons. The van der Waals surface area contributed by atoms with Crippen LogP contribution in [-0.2, 0) is 24.1 Å². The summed E-state index contributed by atoms with van der Waals surface area (Å²) < 4.78 is 36.4. The van der Waals surface area contributed by atoms with E-state index in [0.29, 0.717) is 24.2 Å². The molecule has 0 N–H and O–H groups in total. The van der Waals surface area contributed by atoms with Gasteiger partial charge in [-0.3, -0.25) is 4.98 Å².